The summed E-state index contributed by atoms with van der Waals surface area (Å²) in [4.78, 5) is 4.10. The molecule has 0 aliphatic rings. The van der Waals surface area contributed by atoms with E-state index in [0.29, 0.717) is 27.3 Å². The number of pyridine rings is 1. The van der Waals surface area contributed by atoms with Crippen LogP contribution < -0.4 is 15.8 Å². The van der Waals surface area contributed by atoms with E-state index in [1.165, 1.54) is 6.07 Å². The monoisotopic (exact) mass is 361 g/mol. The Morgan fingerprint density at radius 2 is 2.00 bits per heavy atom. The molecule has 1 heterocycles. The minimum absolute atomic E-state index is 0.211. The van der Waals surface area contributed by atoms with Crippen LogP contribution in [0, 0.1) is 0 Å². The van der Waals surface area contributed by atoms with E-state index in [2.05, 4.69) is 26.2 Å². The summed E-state index contributed by atoms with van der Waals surface area (Å²) in [5.74, 6) is 1.29. The van der Waals surface area contributed by atoms with Crippen molar-refractivity contribution >= 4 is 56.5 Å². The summed E-state index contributed by atoms with van der Waals surface area (Å²) >= 11 is 15.3. The van der Waals surface area contributed by atoms with Crippen molar-refractivity contribution in [1.82, 2.24) is 4.98 Å². The number of hydrogen-bond acceptors (Lipinski definition) is 4. The minimum Gasteiger partial charge on any atom is -0.495 e. The molecule has 7 heteroatoms. The van der Waals surface area contributed by atoms with Gasteiger partial charge in [-0.25, -0.2) is 4.98 Å². The number of nitrogens with zero attached hydrogens (tertiary/aromatic N) is 1. The number of anilines is 3. The first-order valence-corrected chi connectivity index (χ1v) is 6.78. The van der Waals surface area contributed by atoms with Crippen molar-refractivity contribution in [3.05, 3.63) is 38.8 Å². The zero-order valence-electron chi connectivity index (χ0n) is 9.88. The quantitative estimate of drug-likeness (QED) is 0.844. The Morgan fingerprint density at radius 3 is 2.68 bits per heavy atom. The second-order valence-corrected chi connectivity index (χ2v) is 5.39. The first-order chi connectivity index (χ1) is 9.01. The molecule has 0 amide bonds. The highest BCUT2D eigenvalue weighted by molar-refractivity contribution is 9.10. The fourth-order valence-corrected chi connectivity index (χ4v) is 2.24. The highest BCUT2D eigenvalue weighted by atomic mass is 79.9. The first-order valence-electron chi connectivity index (χ1n) is 5.23. The van der Waals surface area contributed by atoms with Gasteiger partial charge in [-0.1, -0.05) is 39.1 Å². The molecule has 2 aromatic rings. The van der Waals surface area contributed by atoms with E-state index in [1.807, 2.05) is 18.2 Å². The number of benzene rings is 1. The maximum Gasteiger partial charge on any atom is 0.151 e. The Bertz CT molecular complexity index is 622. The summed E-state index contributed by atoms with van der Waals surface area (Å²) in [6, 6.07) is 7.08. The van der Waals surface area contributed by atoms with Gasteiger partial charge in [0.15, 0.2) is 5.82 Å². The Labute approximate surface area is 129 Å². The maximum absolute atomic E-state index is 6.07. The minimum atomic E-state index is 0.211. The topological polar surface area (TPSA) is 60.2 Å². The van der Waals surface area contributed by atoms with Crippen molar-refractivity contribution in [2.45, 2.75) is 0 Å². The Hall–Kier alpha value is -1.17. The molecule has 0 aliphatic heterocycles. The van der Waals surface area contributed by atoms with Crippen LogP contribution in [0.5, 0.6) is 5.75 Å². The molecule has 0 unspecified atom stereocenters. The van der Waals surface area contributed by atoms with Gasteiger partial charge in [-0.05, 0) is 24.3 Å². The number of hydrogen-bond donors (Lipinski definition) is 2. The number of aromatic nitrogens is 1. The van der Waals surface area contributed by atoms with Crippen molar-refractivity contribution in [3.63, 3.8) is 0 Å². The average molecular weight is 363 g/mol. The van der Waals surface area contributed by atoms with E-state index >= 15 is 0 Å². The highest BCUT2D eigenvalue weighted by Gasteiger charge is 2.10. The molecule has 100 valence electrons. The lowest BCUT2D eigenvalue weighted by atomic mass is 10.3. The summed E-state index contributed by atoms with van der Waals surface area (Å²) in [5, 5.41) is 3.76. The predicted octanol–water partition coefficient (Wildman–Crippen LogP) is 4.49. The third-order valence-electron chi connectivity index (χ3n) is 2.37. The molecular weight excluding hydrogens is 353 g/mol. The summed E-state index contributed by atoms with van der Waals surface area (Å²) in [6.45, 7) is 0. The molecule has 1 aromatic carbocycles. The number of nitrogens with one attached hydrogen (secondary N) is 1. The van der Waals surface area contributed by atoms with Crippen molar-refractivity contribution in [2.24, 2.45) is 0 Å². The SMILES string of the molecule is COc1ccc(Br)cc1Nc1nc(N)c(Cl)cc1Cl. The molecular formula is C12H10BrCl2N3O. The number of halogens is 3. The predicted molar refractivity (Wildman–Crippen MR) is 82.6 cm³/mol. The zero-order valence-corrected chi connectivity index (χ0v) is 13.0. The van der Waals surface area contributed by atoms with Crippen molar-refractivity contribution in [3.8, 4) is 5.75 Å². The van der Waals surface area contributed by atoms with Gasteiger partial charge >= 0.3 is 0 Å². The molecule has 19 heavy (non-hydrogen) atoms. The molecule has 0 bridgehead atoms. The van der Waals surface area contributed by atoms with Crippen molar-refractivity contribution in [2.75, 3.05) is 18.2 Å². The van der Waals surface area contributed by atoms with E-state index < -0.39 is 0 Å². The first kappa shape index (κ1) is 14.2. The van der Waals surface area contributed by atoms with Gasteiger partial charge in [0.25, 0.3) is 0 Å². The van der Waals surface area contributed by atoms with E-state index in [1.54, 1.807) is 7.11 Å². The highest BCUT2D eigenvalue weighted by Crippen LogP contribution is 2.34. The third-order valence-corrected chi connectivity index (χ3v) is 3.46. The Morgan fingerprint density at radius 1 is 1.26 bits per heavy atom. The van der Waals surface area contributed by atoms with Crippen molar-refractivity contribution in [1.29, 1.82) is 0 Å². The van der Waals surface area contributed by atoms with E-state index in [-0.39, 0.29) is 5.82 Å². The van der Waals surface area contributed by atoms with E-state index in [9.17, 15) is 0 Å². The van der Waals surface area contributed by atoms with Gasteiger partial charge in [-0.2, -0.15) is 0 Å². The smallest absolute Gasteiger partial charge is 0.151 e. The number of rotatable bonds is 3. The molecule has 0 saturated heterocycles. The zero-order chi connectivity index (χ0) is 14.0. The second-order valence-electron chi connectivity index (χ2n) is 3.66. The van der Waals surface area contributed by atoms with Crippen LogP contribution in [0.2, 0.25) is 10.0 Å². The summed E-state index contributed by atoms with van der Waals surface area (Å²) < 4.78 is 6.15. The molecule has 3 N–H and O–H groups in total. The van der Waals surface area contributed by atoms with Crippen LogP contribution in [0.15, 0.2) is 28.7 Å². The van der Waals surface area contributed by atoms with Gasteiger partial charge in [0.2, 0.25) is 0 Å². The van der Waals surface area contributed by atoms with Gasteiger partial charge in [-0.3, -0.25) is 0 Å². The Balaban J connectivity index is 2.41. The van der Waals surface area contributed by atoms with Crippen LogP contribution in [0.3, 0.4) is 0 Å². The van der Waals surface area contributed by atoms with Gasteiger partial charge in [0, 0.05) is 4.47 Å². The van der Waals surface area contributed by atoms with E-state index in [0.717, 1.165) is 4.47 Å². The molecule has 0 saturated carbocycles. The third kappa shape index (κ3) is 3.23. The lowest BCUT2D eigenvalue weighted by Gasteiger charge is -2.12. The molecule has 1 aromatic heterocycles. The van der Waals surface area contributed by atoms with Crippen LogP contribution in [0.1, 0.15) is 0 Å². The normalized spacial score (nSPS) is 10.3. The number of nitrogens with two attached hydrogens (primary N) is 1. The molecule has 0 radical (unpaired) electrons. The molecule has 0 spiro atoms. The number of ether oxygens (including phenoxy) is 1. The largest absolute Gasteiger partial charge is 0.495 e. The molecule has 0 aliphatic carbocycles. The van der Waals surface area contributed by atoms with Crippen LogP contribution in [-0.4, -0.2) is 12.1 Å². The van der Waals surface area contributed by atoms with Crippen molar-refractivity contribution < 1.29 is 4.74 Å². The van der Waals surface area contributed by atoms with Gasteiger partial charge < -0.3 is 15.8 Å². The summed E-state index contributed by atoms with van der Waals surface area (Å²) in [7, 11) is 1.58. The number of nitrogen functional groups attached to an aromatic ring is 1. The summed E-state index contributed by atoms with van der Waals surface area (Å²) in [6.07, 6.45) is 0. The van der Waals surface area contributed by atoms with Gasteiger partial charge in [-0.15, -0.1) is 0 Å². The standard InChI is InChI=1S/C12H10BrCl2N3O/c1-19-10-3-2-6(13)4-9(10)17-12-8(15)5-7(14)11(16)18-12/h2-5H,1H3,(H3,16,17,18). The fraction of sp³-hybridized carbons (Fsp3) is 0.0833. The lowest BCUT2D eigenvalue weighted by Crippen LogP contribution is -2.00. The second kappa shape index (κ2) is 5.86. The van der Waals surface area contributed by atoms with Crippen LogP contribution >= 0.6 is 39.1 Å². The molecule has 4 nitrogen and oxygen atoms in total. The van der Waals surface area contributed by atoms with E-state index in [4.69, 9.17) is 33.7 Å². The summed E-state index contributed by atoms with van der Waals surface area (Å²) in [5.41, 5.74) is 6.38. The lowest BCUT2D eigenvalue weighted by molar-refractivity contribution is 0.416. The van der Waals surface area contributed by atoms with Crippen LogP contribution in [0.25, 0.3) is 0 Å². The average Bonchev–Trinajstić information content (AvgIpc) is 2.36. The molecule has 2 rings (SSSR count). The molecule has 0 fully saturated rings. The Kier molecular flexibility index (Phi) is 4.39. The van der Waals surface area contributed by atoms with Crippen LogP contribution in [-0.2, 0) is 0 Å². The molecule has 0 atom stereocenters. The van der Waals surface area contributed by atoms with Gasteiger partial charge in [0.05, 0.1) is 22.8 Å². The van der Waals surface area contributed by atoms with Gasteiger partial charge in [0.1, 0.15) is 11.6 Å². The maximum atomic E-state index is 6.07. The number of methoxy groups -OCH3 is 1. The van der Waals surface area contributed by atoms with Crippen LogP contribution in [0.4, 0.5) is 17.3 Å². The fourth-order valence-electron chi connectivity index (χ4n) is 1.47.